The highest BCUT2D eigenvalue weighted by Gasteiger charge is 1.97. The van der Waals surface area contributed by atoms with E-state index in [4.69, 9.17) is 5.73 Å². The monoisotopic (exact) mass is 174 g/mol. The topological polar surface area (TPSA) is 58.9 Å². The predicted molar refractivity (Wildman–Crippen MR) is 52.5 cm³/mol. The minimum absolute atomic E-state index is 0.0622. The number of hydrogen-bond donors (Lipinski definition) is 2. The Labute approximate surface area is 75.2 Å². The first-order valence-electron chi connectivity index (χ1n) is 4.11. The minimum Gasteiger partial charge on any atom is -0.329 e. The van der Waals surface area contributed by atoms with Gasteiger partial charge in [0.25, 0.3) is 5.56 Å². The molecular formula is C10H10N2O. The van der Waals surface area contributed by atoms with Crippen molar-refractivity contribution in [1.29, 1.82) is 0 Å². The average molecular weight is 174 g/mol. The molecule has 0 bridgehead atoms. The number of H-pyrrole nitrogens is 1. The van der Waals surface area contributed by atoms with Gasteiger partial charge in [0.2, 0.25) is 0 Å². The first-order valence-corrected chi connectivity index (χ1v) is 4.11. The van der Waals surface area contributed by atoms with Crippen molar-refractivity contribution in [1.82, 2.24) is 4.98 Å². The standard InChI is InChI=1S/C10H10N2O/c11-6-7-1-2-8-3-4-12-10(13)9(8)5-7/h1-5H,6,11H2,(H,12,13). The Balaban J connectivity index is 2.82. The number of nitrogens with one attached hydrogen (secondary N) is 1. The highest BCUT2D eigenvalue weighted by molar-refractivity contribution is 5.81. The fourth-order valence-electron chi connectivity index (χ4n) is 1.36. The van der Waals surface area contributed by atoms with E-state index in [1.807, 2.05) is 24.3 Å². The summed E-state index contributed by atoms with van der Waals surface area (Å²) in [5, 5.41) is 1.64. The number of pyridine rings is 1. The van der Waals surface area contributed by atoms with Gasteiger partial charge in [0, 0.05) is 18.1 Å². The van der Waals surface area contributed by atoms with E-state index >= 15 is 0 Å². The maximum atomic E-state index is 11.4. The van der Waals surface area contributed by atoms with Gasteiger partial charge in [-0.15, -0.1) is 0 Å². The van der Waals surface area contributed by atoms with E-state index < -0.39 is 0 Å². The SMILES string of the molecule is NCc1ccc2cc[nH]c(=O)c2c1. The van der Waals surface area contributed by atoms with Crippen molar-refractivity contribution in [3.63, 3.8) is 0 Å². The quantitative estimate of drug-likeness (QED) is 0.677. The maximum Gasteiger partial charge on any atom is 0.255 e. The van der Waals surface area contributed by atoms with E-state index in [0.717, 1.165) is 10.9 Å². The Morgan fingerprint density at radius 3 is 2.92 bits per heavy atom. The van der Waals surface area contributed by atoms with Gasteiger partial charge in [-0.2, -0.15) is 0 Å². The van der Waals surface area contributed by atoms with Gasteiger partial charge in [0.05, 0.1) is 0 Å². The van der Waals surface area contributed by atoms with Gasteiger partial charge in [0.1, 0.15) is 0 Å². The van der Waals surface area contributed by atoms with E-state index in [9.17, 15) is 4.79 Å². The van der Waals surface area contributed by atoms with Gasteiger partial charge in [-0.3, -0.25) is 4.79 Å². The van der Waals surface area contributed by atoms with Gasteiger partial charge in [0.15, 0.2) is 0 Å². The van der Waals surface area contributed by atoms with E-state index in [0.29, 0.717) is 11.9 Å². The summed E-state index contributed by atoms with van der Waals surface area (Å²) in [5.41, 5.74) is 6.39. The van der Waals surface area contributed by atoms with E-state index in [1.54, 1.807) is 6.20 Å². The molecule has 1 heterocycles. The Hall–Kier alpha value is -1.61. The zero-order valence-electron chi connectivity index (χ0n) is 7.08. The molecule has 66 valence electrons. The second-order valence-electron chi connectivity index (χ2n) is 2.93. The Kier molecular flexibility index (Phi) is 1.87. The number of rotatable bonds is 1. The number of nitrogens with two attached hydrogens (primary N) is 1. The lowest BCUT2D eigenvalue weighted by Crippen LogP contribution is -2.05. The predicted octanol–water partition coefficient (Wildman–Crippen LogP) is 0.987. The molecule has 2 rings (SSSR count). The van der Waals surface area contributed by atoms with Crippen molar-refractivity contribution in [3.8, 4) is 0 Å². The average Bonchev–Trinajstić information content (AvgIpc) is 2.18. The molecule has 13 heavy (non-hydrogen) atoms. The number of hydrogen-bond acceptors (Lipinski definition) is 2. The van der Waals surface area contributed by atoms with Crippen molar-refractivity contribution in [3.05, 3.63) is 46.4 Å². The van der Waals surface area contributed by atoms with E-state index in [2.05, 4.69) is 4.98 Å². The molecule has 0 unspecified atom stereocenters. The highest BCUT2D eigenvalue weighted by Crippen LogP contribution is 2.10. The molecule has 0 aliphatic carbocycles. The van der Waals surface area contributed by atoms with Gasteiger partial charge >= 0.3 is 0 Å². The van der Waals surface area contributed by atoms with Gasteiger partial charge in [-0.05, 0) is 23.1 Å². The molecule has 0 atom stereocenters. The summed E-state index contributed by atoms with van der Waals surface area (Å²) in [6, 6.07) is 7.54. The summed E-state index contributed by atoms with van der Waals surface area (Å²) in [6.45, 7) is 0.463. The molecule has 3 N–H and O–H groups in total. The molecule has 0 aliphatic rings. The van der Waals surface area contributed by atoms with Crippen molar-refractivity contribution in [2.45, 2.75) is 6.54 Å². The zero-order valence-corrected chi connectivity index (χ0v) is 7.08. The van der Waals surface area contributed by atoms with Gasteiger partial charge in [-0.1, -0.05) is 12.1 Å². The molecule has 0 aliphatic heterocycles. The summed E-state index contributed by atoms with van der Waals surface area (Å²) in [7, 11) is 0. The lowest BCUT2D eigenvalue weighted by molar-refractivity contribution is 1.07. The first-order chi connectivity index (χ1) is 6.31. The maximum absolute atomic E-state index is 11.4. The largest absolute Gasteiger partial charge is 0.329 e. The third kappa shape index (κ3) is 1.34. The van der Waals surface area contributed by atoms with Crippen LogP contribution in [0.3, 0.4) is 0 Å². The molecule has 0 spiro atoms. The molecule has 1 aromatic heterocycles. The van der Waals surface area contributed by atoms with Crippen LogP contribution in [0.25, 0.3) is 10.8 Å². The molecule has 0 fully saturated rings. The van der Waals surface area contributed by atoms with E-state index in [1.165, 1.54) is 0 Å². The number of aromatic nitrogens is 1. The molecule has 2 aromatic rings. The fraction of sp³-hybridized carbons (Fsp3) is 0.100. The second kappa shape index (κ2) is 3.03. The van der Waals surface area contributed by atoms with Gasteiger partial charge < -0.3 is 10.7 Å². The summed E-state index contributed by atoms with van der Waals surface area (Å²) < 4.78 is 0. The molecule has 3 nitrogen and oxygen atoms in total. The van der Waals surface area contributed by atoms with Crippen LogP contribution in [-0.2, 0) is 6.54 Å². The zero-order chi connectivity index (χ0) is 9.26. The fourth-order valence-corrected chi connectivity index (χ4v) is 1.36. The Bertz CT molecular complexity index is 487. The molecule has 1 aromatic carbocycles. The number of benzene rings is 1. The van der Waals surface area contributed by atoms with Crippen LogP contribution in [0.5, 0.6) is 0 Å². The second-order valence-corrected chi connectivity index (χ2v) is 2.93. The number of fused-ring (bicyclic) bond motifs is 1. The smallest absolute Gasteiger partial charge is 0.255 e. The van der Waals surface area contributed by atoms with Crippen LogP contribution in [0.2, 0.25) is 0 Å². The molecule has 0 amide bonds. The lowest BCUT2D eigenvalue weighted by Gasteiger charge is -1.99. The van der Waals surface area contributed by atoms with Crippen molar-refractivity contribution >= 4 is 10.8 Å². The summed E-state index contributed by atoms with van der Waals surface area (Å²) in [6.07, 6.45) is 1.65. The van der Waals surface area contributed by atoms with Crippen LogP contribution in [-0.4, -0.2) is 4.98 Å². The minimum atomic E-state index is -0.0622. The lowest BCUT2D eigenvalue weighted by atomic mass is 10.1. The summed E-state index contributed by atoms with van der Waals surface area (Å²) in [5.74, 6) is 0. The summed E-state index contributed by atoms with van der Waals surface area (Å²) in [4.78, 5) is 14.0. The van der Waals surface area contributed by atoms with Crippen molar-refractivity contribution in [2.24, 2.45) is 5.73 Å². The van der Waals surface area contributed by atoms with Crippen LogP contribution < -0.4 is 11.3 Å². The van der Waals surface area contributed by atoms with Crippen molar-refractivity contribution in [2.75, 3.05) is 0 Å². The Morgan fingerprint density at radius 2 is 2.15 bits per heavy atom. The molecular weight excluding hydrogens is 164 g/mol. The number of aromatic amines is 1. The Morgan fingerprint density at radius 1 is 1.31 bits per heavy atom. The molecule has 0 saturated carbocycles. The van der Waals surface area contributed by atoms with E-state index in [-0.39, 0.29) is 5.56 Å². The highest BCUT2D eigenvalue weighted by atomic mass is 16.1. The molecule has 0 saturated heterocycles. The van der Waals surface area contributed by atoms with Crippen LogP contribution in [0.1, 0.15) is 5.56 Å². The molecule has 0 radical (unpaired) electrons. The third-order valence-electron chi connectivity index (χ3n) is 2.08. The first kappa shape index (κ1) is 8.01. The third-order valence-corrected chi connectivity index (χ3v) is 2.08. The molecule has 3 heteroatoms. The normalized spacial score (nSPS) is 10.5. The van der Waals surface area contributed by atoms with Crippen LogP contribution >= 0.6 is 0 Å². The summed E-state index contributed by atoms with van der Waals surface area (Å²) >= 11 is 0. The van der Waals surface area contributed by atoms with Crippen LogP contribution in [0.15, 0.2) is 35.3 Å². The van der Waals surface area contributed by atoms with Crippen LogP contribution in [0, 0.1) is 0 Å². The van der Waals surface area contributed by atoms with Crippen LogP contribution in [0.4, 0.5) is 0 Å². The van der Waals surface area contributed by atoms with Gasteiger partial charge in [-0.25, -0.2) is 0 Å². The van der Waals surface area contributed by atoms with Crippen molar-refractivity contribution < 1.29 is 0 Å².